The van der Waals surface area contributed by atoms with Crippen molar-refractivity contribution in [1.82, 2.24) is 9.55 Å². The van der Waals surface area contributed by atoms with E-state index in [-0.39, 0.29) is 5.56 Å². The Morgan fingerprint density at radius 3 is 2.36 bits per heavy atom. The fraction of sp³-hybridized carbons (Fsp3) is 0.167. The standard InChI is InChI=1S/C24H22N2OS/c1-16-12-13-20-21(14-16)25-24(28-15-19-10-6-4-8-17(19)2)26(23(20)27)22-11-7-5-9-18(22)3/h4-14H,15H2,1-3H3. The third-order valence-electron chi connectivity index (χ3n) is 4.97. The molecule has 0 amide bonds. The second-order valence-corrected chi connectivity index (χ2v) is 8.00. The van der Waals surface area contributed by atoms with Crippen LogP contribution in [0.5, 0.6) is 0 Å². The molecule has 28 heavy (non-hydrogen) atoms. The summed E-state index contributed by atoms with van der Waals surface area (Å²) in [5.74, 6) is 0.766. The minimum Gasteiger partial charge on any atom is -0.268 e. The Bertz CT molecular complexity index is 1230. The maximum absolute atomic E-state index is 13.4. The fourth-order valence-electron chi connectivity index (χ4n) is 3.31. The Labute approximate surface area is 169 Å². The number of fused-ring (bicyclic) bond motifs is 1. The van der Waals surface area contributed by atoms with Crippen molar-refractivity contribution in [3.8, 4) is 5.69 Å². The lowest BCUT2D eigenvalue weighted by Gasteiger charge is -2.15. The van der Waals surface area contributed by atoms with Gasteiger partial charge >= 0.3 is 0 Å². The third-order valence-corrected chi connectivity index (χ3v) is 5.96. The summed E-state index contributed by atoms with van der Waals surface area (Å²) in [6.45, 7) is 6.16. The first kappa shape index (κ1) is 18.5. The van der Waals surface area contributed by atoms with Gasteiger partial charge < -0.3 is 0 Å². The maximum Gasteiger partial charge on any atom is 0.266 e. The Balaban J connectivity index is 1.90. The van der Waals surface area contributed by atoms with Gasteiger partial charge in [0.15, 0.2) is 5.16 Å². The number of aryl methyl sites for hydroxylation is 3. The number of aromatic nitrogens is 2. The fourth-order valence-corrected chi connectivity index (χ4v) is 4.40. The van der Waals surface area contributed by atoms with E-state index in [2.05, 4.69) is 25.1 Å². The number of rotatable bonds is 4. The molecule has 1 aromatic heterocycles. The average Bonchev–Trinajstić information content (AvgIpc) is 2.68. The number of thioether (sulfide) groups is 1. The zero-order valence-corrected chi connectivity index (χ0v) is 17.1. The summed E-state index contributed by atoms with van der Waals surface area (Å²) in [4.78, 5) is 18.3. The highest BCUT2D eigenvalue weighted by molar-refractivity contribution is 7.98. The highest BCUT2D eigenvalue weighted by atomic mass is 32.2. The van der Waals surface area contributed by atoms with Crippen LogP contribution in [0.25, 0.3) is 16.6 Å². The van der Waals surface area contributed by atoms with Gasteiger partial charge in [0, 0.05) is 5.75 Å². The van der Waals surface area contributed by atoms with Crippen molar-refractivity contribution in [3.05, 3.63) is 99.3 Å². The van der Waals surface area contributed by atoms with E-state index in [1.165, 1.54) is 11.1 Å². The first-order chi connectivity index (χ1) is 13.5. The zero-order valence-electron chi connectivity index (χ0n) is 16.3. The molecule has 4 rings (SSSR count). The van der Waals surface area contributed by atoms with Gasteiger partial charge in [-0.05, 0) is 61.2 Å². The molecular weight excluding hydrogens is 364 g/mol. The predicted octanol–water partition coefficient (Wildman–Crippen LogP) is 5.60. The van der Waals surface area contributed by atoms with Crippen LogP contribution in [0.4, 0.5) is 0 Å². The number of para-hydroxylation sites is 1. The van der Waals surface area contributed by atoms with Gasteiger partial charge in [-0.2, -0.15) is 0 Å². The minimum absolute atomic E-state index is 0.0217. The lowest BCUT2D eigenvalue weighted by Crippen LogP contribution is -2.22. The van der Waals surface area contributed by atoms with E-state index >= 15 is 0 Å². The Morgan fingerprint density at radius 1 is 0.893 bits per heavy atom. The molecule has 0 atom stereocenters. The van der Waals surface area contributed by atoms with Gasteiger partial charge in [0.2, 0.25) is 0 Å². The van der Waals surface area contributed by atoms with Crippen LogP contribution in [0.15, 0.2) is 76.7 Å². The van der Waals surface area contributed by atoms with Crippen molar-refractivity contribution < 1.29 is 0 Å². The smallest absolute Gasteiger partial charge is 0.266 e. The summed E-state index contributed by atoms with van der Waals surface area (Å²) < 4.78 is 1.76. The molecule has 1 heterocycles. The van der Waals surface area contributed by atoms with Crippen LogP contribution >= 0.6 is 11.8 Å². The van der Waals surface area contributed by atoms with E-state index in [4.69, 9.17) is 4.98 Å². The van der Waals surface area contributed by atoms with Crippen LogP contribution in [0, 0.1) is 20.8 Å². The Morgan fingerprint density at radius 2 is 1.61 bits per heavy atom. The van der Waals surface area contributed by atoms with Crippen LogP contribution in [0.1, 0.15) is 22.3 Å². The second kappa shape index (κ2) is 7.64. The van der Waals surface area contributed by atoms with Gasteiger partial charge in [0.05, 0.1) is 16.6 Å². The van der Waals surface area contributed by atoms with Gasteiger partial charge in [-0.3, -0.25) is 9.36 Å². The predicted molar refractivity (Wildman–Crippen MR) is 118 cm³/mol. The van der Waals surface area contributed by atoms with Crippen LogP contribution < -0.4 is 5.56 Å². The molecule has 0 fully saturated rings. The highest BCUT2D eigenvalue weighted by Gasteiger charge is 2.15. The lowest BCUT2D eigenvalue weighted by atomic mass is 10.1. The molecule has 0 unspecified atom stereocenters. The molecule has 0 aliphatic rings. The monoisotopic (exact) mass is 386 g/mol. The molecule has 0 saturated heterocycles. The Hall–Kier alpha value is -2.85. The van der Waals surface area contributed by atoms with Gasteiger partial charge in [0.25, 0.3) is 5.56 Å². The molecule has 4 heteroatoms. The van der Waals surface area contributed by atoms with Crippen LogP contribution in [0.3, 0.4) is 0 Å². The van der Waals surface area contributed by atoms with Crippen molar-refractivity contribution >= 4 is 22.7 Å². The molecule has 140 valence electrons. The Kier molecular flexibility index (Phi) is 5.05. The molecule has 0 aliphatic carbocycles. The molecule has 3 aromatic carbocycles. The van der Waals surface area contributed by atoms with Gasteiger partial charge in [-0.25, -0.2) is 4.98 Å². The topological polar surface area (TPSA) is 34.9 Å². The number of hydrogen-bond donors (Lipinski definition) is 0. The van der Waals surface area contributed by atoms with Gasteiger partial charge in [0.1, 0.15) is 0 Å². The molecule has 0 radical (unpaired) electrons. The van der Waals surface area contributed by atoms with Crippen molar-refractivity contribution in [2.75, 3.05) is 0 Å². The SMILES string of the molecule is Cc1ccc2c(=O)n(-c3ccccc3C)c(SCc3ccccc3C)nc2c1. The average molecular weight is 387 g/mol. The van der Waals surface area contributed by atoms with E-state index in [9.17, 15) is 4.79 Å². The summed E-state index contributed by atoms with van der Waals surface area (Å²) in [6, 6.07) is 22.1. The summed E-state index contributed by atoms with van der Waals surface area (Å²) in [5.41, 5.74) is 6.26. The maximum atomic E-state index is 13.4. The summed E-state index contributed by atoms with van der Waals surface area (Å²) in [6.07, 6.45) is 0. The quantitative estimate of drug-likeness (QED) is 0.338. The molecular formula is C24H22N2OS. The first-order valence-electron chi connectivity index (χ1n) is 9.31. The van der Waals surface area contributed by atoms with Crippen LogP contribution in [0.2, 0.25) is 0 Å². The molecule has 3 nitrogen and oxygen atoms in total. The number of hydrogen-bond acceptors (Lipinski definition) is 3. The van der Waals surface area contributed by atoms with E-state index in [1.807, 2.05) is 62.4 Å². The largest absolute Gasteiger partial charge is 0.268 e. The van der Waals surface area contributed by atoms with Gasteiger partial charge in [-0.1, -0.05) is 60.3 Å². The van der Waals surface area contributed by atoms with E-state index < -0.39 is 0 Å². The van der Waals surface area contributed by atoms with Crippen molar-refractivity contribution in [1.29, 1.82) is 0 Å². The summed E-state index contributed by atoms with van der Waals surface area (Å²) in [5, 5.41) is 1.37. The van der Waals surface area contributed by atoms with E-state index in [0.717, 1.165) is 33.2 Å². The summed E-state index contributed by atoms with van der Waals surface area (Å²) in [7, 11) is 0. The van der Waals surface area contributed by atoms with Crippen molar-refractivity contribution in [2.24, 2.45) is 0 Å². The molecule has 0 aliphatic heterocycles. The number of nitrogens with zero attached hydrogens (tertiary/aromatic N) is 2. The zero-order chi connectivity index (χ0) is 19.7. The first-order valence-corrected chi connectivity index (χ1v) is 10.3. The normalized spacial score (nSPS) is 11.1. The second-order valence-electron chi connectivity index (χ2n) is 7.06. The van der Waals surface area contributed by atoms with Gasteiger partial charge in [-0.15, -0.1) is 0 Å². The molecule has 4 aromatic rings. The van der Waals surface area contributed by atoms with E-state index in [0.29, 0.717) is 5.39 Å². The highest BCUT2D eigenvalue weighted by Crippen LogP contribution is 2.27. The van der Waals surface area contributed by atoms with Crippen LogP contribution in [-0.2, 0) is 5.75 Å². The molecule has 0 bridgehead atoms. The molecule has 0 spiro atoms. The van der Waals surface area contributed by atoms with Crippen molar-refractivity contribution in [3.63, 3.8) is 0 Å². The lowest BCUT2D eigenvalue weighted by molar-refractivity contribution is 0.814. The minimum atomic E-state index is -0.0217. The van der Waals surface area contributed by atoms with Crippen LogP contribution in [-0.4, -0.2) is 9.55 Å². The summed E-state index contributed by atoms with van der Waals surface area (Å²) >= 11 is 1.60. The number of benzene rings is 3. The van der Waals surface area contributed by atoms with Crippen molar-refractivity contribution in [2.45, 2.75) is 31.7 Å². The van der Waals surface area contributed by atoms with E-state index in [1.54, 1.807) is 16.3 Å². The molecule has 0 saturated carbocycles. The molecule has 0 N–H and O–H groups in total. The third kappa shape index (κ3) is 3.48.